The summed E-state index contributed by atoms with van der Waals surface area (Å²) in [5, 5.41) is 20.3. The first kappa shape index (κ1) is 29.0. The Bertz CT molecular complexity index is 1370. The van der Waals surface area contributed by atoms with Crippen molar-refractivity contribution in [2.24, 2.45) is 0 Å². The number of carbonyl (C=O) groups is 3. The zero-order chi connectivity index (χ0) is 28.7. The SMILES string of the molecule is CC(C)(C)OC(=O)NCc1ccc(C(=O)N[C@@H](CCCNC2CCCc3cccnc32)C(=O)O)c2ccccc12. The summed E-state index contributed by atoms with van der Waals surface area (Å²) >= 11 is 0. The van der Waals surface area contributed by atoms with Gasteiger partial charge in [-0.25, -0.2) is 9.59 Å². The van der Waals surface area contributed by atoms with E-state index in [4.69, 9.17) is 4.74 Å². The molecule has 4 rings (SSSR count). The van der Waals surface area contributed by atoms with Crippen LogP contribution in [0.15, 0.2) is 54.7 Å². The number of carbonyl (C=O) groups excluding carboxylic acids is 2. The van der Waals surface area contributed by atoms with Gasteiger partial charge in [-0.15, -0.1) is 0 Å². The molecule has 2 amide bonds. The number of amides is 2. The van der Waals surface area contributed by atoms with Crippen molar-refractivity contribution >= 4 is 28.7 Å². The average Bonchev–Trinajstić information content (AvgIpc) is 2.92. The smallest absolute Gasteiger partial charge is 0.407 e. The quantitative estimate of drug-likeness (QED) is 0.267. The highest BCUT2D eigenvalue weighted by atomic mass is 16.6. The van der Waals surface area contributed by atoms with Crippen LogP contribution in [0.2, 0.25) is 0 Å². The summed E-state index contributed by atoms with van der Waals surface area (Å²) in [6, 6.07) is 14.0. The van der Waals surface area contributed by atoms with E-state index in [1.54, 1.807) is 32.9 Å². The molecule has 0 aliphatic heterocycles. The van der Waals surface area contributed by atoms with Crippen LogP contribution in [0, 0.1) is 0 Å². The molecule has 1 aliphatic carbocycles. The Balaban J connectivity index is 1.37. The number of benzene rings is 2. The molecule has 0 fully saturated rings. The fraction of sp³-hybridized carbons (Fsp3) is 0.419. The lowest BCUT2D eigenvalue weighted by Crippen LogP contribution is -2.41. The first-order valence-electron chi connectivity index (χ1n) is 13.8. The molecule has 3 aromatic rings. The van der Waals surface area contributed by atoms with Crippen LogP contribution < -0.4 is 16.0 Å². The number of rotatable bonds is 10. The van der Waals surface area contributed by atoms with Gasteiger partial charge in [-0.2, -0.15) is 0 Å². The number of aliphatic carboxylic acids is 1. The van der Waals surface area contributed by atoms with E-state index in [1.807, 2.05) is 36.5 Å². The zero-order valence-electron chi connectivity index (χ0n) is 23.3. The Hall–Kier alpha value is -3.98. The Morgan fingerprint density at radius 2 is 1.85 bits per heavy atom. The number of fused-ring (bicyclic) bond motifs is 2. The number of alkyl carbamates (subject to hydrolysis) is 1. The summed E-state index contributed by atoms with van der Waals surface area (Å²) in [5.74, 6) is -1.52. The van der Waals surface area contributed by atoms with Crippen LogP contribution >= 0.6 is 0 Å². The van der Waals surface area contributed by atoms with E-state index in [1.165, 1.54) is 5.56 Å². The molecule has 0 saturated heterocycles. The second-order valence-corrected chi connectivity index (χ2v) is 11.1. The second kappa shape index (κ2) is 12.9. The predicted octanol–water partition coefficient (Wildman–Crippen LogP) is 4.89. The summed E-state index contributed by atoms with van der Waals surface area (Å²) in [6.45, 7) is 6.24. The third-order valence-electron chi connectivity index (χ3n) is 6.94. The molecule has 9 heteroatoms. The van der Waals surface area contributed by atoms with E-state index in [0.29, 0.717) is 30.3 Å². The monoisotopic (exact) mass is 546 g/mol. The van der Waals surface area contributed by atoms with Crippen LogP contribution in [0.4, 0.5) is 4.79 Å². The van der Waals surface area contributed by atoms with E-state index in [-0.39, 0.29) is 12.6 Å². The minimum Gasteiger partial charge on any atom is -0.480 e. The van der Waals surface area contributed by atoms with E-state index >= 15 is 0 Å². The number of nitrogens with one attached hydrogen (secondary N) is 3. The van der Waals surface area contributed by atoms with Crippen molar-refractivity contribution in [2.75, 3.05) is 6.54 Å². The van der Waals surface area contributed by atoms with Crippen molar-refractivity contribution in [2.45, 2.75) is 77.1 Å². The Kier molecular flexibility index (Phi) is 9.37. The highest BCUT2D eigenvalue weighted by molar-refractivity contribution is 6.08. The Labute approximate surface area is 234 Å². The number of ether oxygens (including phenoxy) is 1. The van der Waals surface area contributed by atoms with Crippen molar-refractivity contribution in [1.82, 2.24) is 20.9 Å². The van der Waals surface area contributed by atoms with Crippen molar-refractivity contribution in [1.29, 1.82) is 0 Å². The van der Waals surface area contributed by atoms with Crippen LogP contribution in [0.25, 0.3) is 10.8 Å². The maximum atomic E-state index is 13.2. The number of aromatic nitrogens is 1. The third-order valence-corrected chi connectivity index (χ3v) is 6.94. The summed E-state index contributed by atoms with van der Waals surface area (Å²) in [7, 11) is 0. The highest BCUT2D eigenvalue weighted by Crippen LogP contribution is 2.27. The first-order valence-corrected chi connectivity index (χ1v) is 13.8. The molecular formula is C31H38N4O5. The number of carboxylic acid groups (broad SMARTS) is 1. The molecule has 2 aromatic carbocycles. The molecule has 2 atom stereocenters. The fourth-order valence-corrected chi connectivity index (χ4v) is 5.08. The minimum atomic E-state index is -1.07. The normalized spacial score (nSPS) is 15.6. The predicted molar refractivity (Wildman–Crippen MR) is 153 cm³/mol. The molecular weight excluding hydrogens is 508 g/mol. The lowest BCUT2D eigenvalue weighted by molar-refractivity contribution is -0.139. The summed E-state index contributed by atoms with van der Waals surface area (Å²) < 4.78 is 5.31. The van der Waals surface area contributed by atoms with Gasteiger partial charge in [-0.3, -0.25) is 9.78 Å². The lowest BCUT2D eigenvalue weighted by Gasteiger charge is -2.25. The van der Waals surface area contributed by atoms with Crippen molar-refractivity contribution < 1.29 is 24.2 Å². The first-order chi connectivity index (χ1) is 19.1. The number of aryl methyl sites for hydroxylation is 1. The second-order valence-electron chi connectivity index (χ2n) is 11.1. The summed E-state index contributed by atoms with van der Waals surface area (Å²) in [4.78, 5) is 41.9. The summed E-state index contributed by atoms with van der Waals surface area (Å²) in [6.07, 6.45) is 5.29. The number of pyridine rings is 1. The molecule has 1 aromatic heterocycles. The molecule has 0 saturated carbocycles. The fourth-order valence-electron chi connectivity index (χ4n) is 5.08. The van der Waals surface area contributed by atoms with Crippen LogP contribution in [0.1, 0.15) is 79.7 Å². The van der Waals surface area contributed by atoms with Crippen molar-refractivity contribution in [3.63, 3.8) is 0 Å². The van der Waals surface area contributed by atoms with Gasteiger partial charge in [0.1, 0.15) is 11.6 Å². The van der Waals surface area contributed by atoms with Gasteiger partial charge in [-0.05, 0) is 93.5 Å². The maximum Gasteiger partial charge on any atom is 0.407 e. The number of carboxylic acids is 1. The number of nitrogens with zero attached hydrogens (tertiary/aromatic N) is 1. The molecule has 1 unspecified atom stereocenters. The van der Waals surface area contributed by atoms with Crippen LogP contribution in [0.5, 0.6) is 0 Å². The molecule has 212 valence electrons. The zero-order valence-corrected chi connectivity index (χ0v) is 23.3. The lowest BCUT2D eigenvalue weighted by atomic mass is 9.92. The van der Waals surface area contributed by atoms with Gasteiger partial charge in [0, 0.05) is 24.3 Å². The van der Waals surface area contributed by atoms with E-state index in [0.717, 1.165) is 35.9 Å². The van der Waals surface area contributed by atoms with Gasteiger partial charge in [0.2, 0.25) is 0 Å². The van der Waals surface area contributed by atoms with Gasteiger partial charge in [0.05, 0.1) is 5.69 Å². The van der Waals surface area contributed by atoms with Crippen LogP contribution in [0.3, 0.4) is 0 Å². The maximum absolute atomic E-state index is 13.2. The summed E-state index contributed by atoms with van der Waals surface area (Å²) in [5.41, 5.74) is 2.93. The minimum absolute atomic E-state index is 0.164. The molecule has 0 bridgehead atoms. The van der Waals surface area contributed by atoms with Gasteiger partial charge in [-0.1, -0.05) is 36.4 Å². The Morgan fingerprint density at radius 3 is 2.60 bits per heavy atom. The largest absolute Gasteiger partial charge is 0.480 e. The van der Waals surface area contributed by atoms with Gasteiger partial charge >= 0.3 is 12.1 Å². The molecule has 9 nitrogen and oxygen atoms in total. The van der Waals surface area contributed by atoms with Crippen LogP contribution in [-0.2, 0) is 22.5 Å². The standard InChI is InChI=1S/C31H38N4O5/c1-31(2,3)40-30(39)34-19-21-15-16-24(23-12-5-4-11-22(21)23)28(36)35-26(29(37)38)14-8-17-32-25-13-6-9-20-10-7-18-33-27(20)25/h4-5,7,10-12,15-16,18,25-26,32H,6,8-9,13-14,17,19H2,1-3H3,(H,34,39)(H,35,36)(H,37,38)/t25?,26-/m0/s1. The van der Waals surface area contributed by atoms with E-state index in [2.05, 4.69) is 27.0 Å². The van der Waals surface area contributed by atoms with Crippen molar-refractivity contribution in [3.05, 3.63) is 77.1 Å². The van der Waals surface area contributed by atoms with Gasteiger partial charge < -0.3 is 25.8 Å². The number of hydrogen-bond acceptors (Lipinski definition) is 6. The Morgan fingerprint density at radius 1 is 1.07 bits per heavy atom. The van der Waals surface area contributed by atoms with Gasteiger partial charge in [0.25, 0.3) is 5.91 Å². The van der Waals surface area contributed by atoms with Crippen molar-refractivity contribution in [3.8, 4) is 0 Å². The molecule has 40 heavy (non-hydrogen) atoms. The molecule has 1 heterocycles. The highest BCUT2D eigenvalue weighted by Gasteiger charge is 2.24. The van der Waals surface area contributed by atoms with E-state index < -0.39 is 29.6 Å². The topological polar surface area (TPSA) is 130 Å². The molecule has 0 spiro atoms. The van der Waals surface area contributed by atoms with E-state index in [9.17, 15) is 19.5 Å². The molecule has 1 aliphatic rings. The van der Waals surface area contributed by atoms with Gasteiger partial charge in [0.15, 0.2) is 0 Å². The van der Waals surface area contributed by atoms with Crippen LogP contribution in [-0.4, -0.2) is 46.2 Å². The molecule has 0 radical (unpaired) electrons. The molecule has 4 N–H and O–H groups in total. The average molecular weight is 547 g/mol. The third kappa shape index (κ3) is 7.57. The number of hydrogen-bond donors (Lipinski definition) is 4.